The number of rotatable bonds is 9. The van der Waals surface area contributed by atoms with Gasteiger partial charge in [0.05, 0.1) is 18.0 Å². The Morgan fingerprint density at radius 1 is 1.15 bits per heavy atom. The van der Waals surface area contributed by atoms with Crippen LogP contribution in [0.5, 0.6) is 0 Å². The molecule has 5 N–H and O–H groups in total. The molecule has 12 heteroatoms. The van der Waals surface area contributed by atoms with Crippen LogP contribution >= 0.6 is 11.5 Å². The lowest BCUT2D eigenvalue weighted by Gasteiger charge is -2.31. The van der Waals surface area contributed by atoms with E-state index in [1.54, 1.807) is 0 Å². The summed E-state index contributed by atoms with van der Waals surface area (Å²) in [6.07, 6.45) is 0. The smallest absolute Gasteiger partial charge is 0.273 e. The molecule has 0 bridgehead atoms. The minimum absolute atomic E-state index is 0.0981. The number of halogens is 2. The summed E-state index contributed by atoms with van der Waals surface area (Å²) in [6, 6.07) is 8.73. The molecule has 3 amide bonds. The van der Waals surface area contributed by atoms with Crippen molar-refractivity contribution in [2.24, 2.45) is 5.73 Å². The number of nitrogen functional groups attached to an aromatic ring is 1. The Kier molecular flexibility index (Phi) is 7.87. The van der Waals surface area contributed by atoms with Crippen LogP contribution in [0.25, 0.3) is 0 Å². The molecule has 0 aliphatic heterocycles. The molecule has 0 radical (unpaired) electrons. The average Bonchev–Trinajstić information content (AvgIpc) is 3.20. The third kappa shape index (κ3) is 5.18. The fourth-order valence-electron chi connectivity index (χ4n) is 3.19. The molecule has 0 saturated carbocycles. The molecule has 0 aliphatic carbocycles. The van der Waals surface area contributed by atoms with Crippen LogP contribution < -0.4 is 21.7 Å². The zero-order chi connectivity index (χ0) is 24.8. The van der Waals surface area contributed by atoms with E-state index in [1.807, 2.05) is 0 Å². The Morgan fingerprint density at radius 3 is 2.41 bits per heavy atom. The first-order valence-electron chi connectivity index (χ1n) is 9.91. The number of para-hydroxylation sites is 1. The molecule has 9 nitrogen and oxygen atoms in total. The summed E-state index contributed by atoms with van der Waals surface area (Å²) < 4.78 is 37.3. The van der Waals surface area contributed by atoms with Crippen molar-refractivity contribution in [3.63, 3.8) is 0 Å². The Labute approximate surface area is 197 Å². The summed E-state index contributed by atoms with van der Waals surface area (Å²) in [5, 5.41) is 2.62. The number of hydrogen-bond acceptors (Lipinski definition) is 7. The van der Waals surface area contributed by atoms with Crippen molar-refractivity contribution in [1.29, 1.82) is 0 Å². The van der Waals surface area contributed by atoms with Crippen LogP contribution in [-0.2, 0) is 9.53 Å². The van der Waals surface area contributed by atoms with Gasteiger partial charge in [-0.25, -0.2) is 8.78 Å². The van der Waals surface area contributed by atoms with E-state index in [2.05, 4.69) is 9.69 Å². The maximum atomic E-state index is 14.9. The van der Waals surface area contributed by atoms with Gasteiger partial charge in [0.2, 0.25) is 5.91 Å². The predicted octanol–water partition coefficient (Wildman–Crippen LogP) is 2.25. The molecule has 0 spiro atoms. The van der Waals surface area contributed by atoms with E-state index in [1.165, 1.54) is 37.4 Å². The zero-order valence-corrected chi connectivity index (χ0v) is 18.8. The lowest BCUT2D eigenvalue weighted by molar-refractivity contribution is -0.122. The normalized spacial score (nSPS) is 11.6. The van der Waals surface area contributed by atoms with Crippen molar-refractivity contribution in [2.45, 2.75) is 6.04 Å². The number of amides is 3. The van der Waals surface area contributed by atoms with E-state index in [0.29, 0.717) is 11.5 Å². The van der Waals surface area contributed by atoms with Crippen molar-refractivity contribution in [1.82, 2.24) is 9.69 Å². The number of nitrogens with two attached hydrogens (primary N) is 2. The number of aromatic nitrogens is 1. The summed E-state index contributed by atoms with van der Waals surface area (Å²) in [5.74, 6) is -3.89. The van der Waals surface area contributed by atoms with E-state index < -0.39 is 35.4 Å². The predicted molar refractivity (Wildman–Crippen MR) is 122 cm³/mol. The second-order valence-corrected chi connectivity index (χ2v) is 7.78. The summed E-state index contributed by atoms with van der Waals surface area (Å²) in [7, 11) is 1.45. The molecule has 0 fully saturated rings. The van der Waals surface area contributed by atoms with Crippen LogP contribution in [0.3, 0.4) is 0 Å². The highest BCUT2D eigenvalue weighted by Gasteiger charge is 2.37. The molecule has 178 valence electrons. The Balaban J connectivity index is 2.19. The molecular formula is C22H21F2N5O4S. The number of primary amides is 1. The Bertz CT molecular complexity index is 1200. The quantitative estimate of drug-likeness (QED) is 0.394. The Hall–Kier alpha value is -3.90. The highest BCUT2D eigenvalue weighted by Crippen LogP contribution is 2.34. The highest BCUT2D eigenvalue weighted by molar-refractivity contribution is 7.09. The van der Waals surface area contributed by atoms with Gasteiger partial charge in [0.15, 0.2) is 5.69 Å². The second kappa shape index (κ2) is 10.8. The third-order valence-corrected chi connectivity index (χ3v) is 5.64. The van der Waals surface area contributed by atoms with E-state index >= 15 is 0 Å². The minimum atomic E-state index is -1.43. The first-order valence-corrected chi connectivity index (χ1v) is 10.7. The zero-order valence-electron chi connectivity index (χ0n) is 18.0. The molecule has 1 unspecified atom stereocenters. The van der Waals surface area contributed by atoms with Crippen molar-refractivity contribution in [3.05, 3.63) is 76.3 Å². The molecule has 34 heavy (non-hydrogen) atoms. The molecule has 3 aromatic rings. The van der Waals surface area contributed by atoms with Gasteiger partial charge in [-0.2, -0.15) is 4.37 Å². The van der Waals surface area contributed by atoms with E-state index in [4.69, 9.17) is 16.2 Å². The van der Waals surface area contributed by atoms with Gasteiger partial charge in [-0.15, -0.1) is 0 Å². The maximum absolute atomic E-state index is 14.9. The van der Waals surface area contributed by atoms with Crippen LogP contribution in [-0.4, -0.2) is 42.4 Å². The molecule has 3 rings (SSSR count). The van der Waals surface area contributed by atoms with E-state index in [9.17, 15) is 23.2 Å². The number of ether oxygens (including phenoxy) is 1. The second-order valence-electron chi connectivity index (χ2n) is 7.00. The first kappa shape index (κ1) is 24.7. The molecule has 0 saturated heterocycles. The summed E-state index contributed by atoms with van der Waals surface area (Å²) in [6.45, 7) is 0.278. The van der Waals surface area contributed by atoms with Gasteiger partial charge in [0.1, 0.15) is 22.6 Å². The van der Waals surface area contributed by atoms with Gasteiger partial charge in [0, 0.05) is 13.7 Å². The van der Waals surface area contributed by atoms with Crippen molar-refractivity contribution >= 4 is 40.6 Å². The lowest BCUT2D eigenvalue weighted by Crippen LogP contribution is -2.45. The molecule has 1 atom stereocenters. The van der Waals surface area contributed by atoms with Gasteiger partial charge in [-0.05, 0) is 41.4 Å². The molecule has 2 aromatic carbocycles. The van der Waals surface area contributed by atoms with Gasteiger partial charge in [-0.3, -0.25) is 19.3 Å². The molecule has 1 heterocycles. The number of anilines is 2. The largest absolute Gasteiger partial charge is 0.395 e. The number of carbonyl (C=O) groups is 3. The number of nitrogens with one attached hydrogen (secondary N) is 1. The maximum Gasteiger partial charge on any atom is 0.273 e. The SMILES string of the molecule is COCCNC(=O)C(c1ccc(F)cc1)N(C(=O)c1snc(C(N)=O)c1N)c1ccccc1F. The van der Waals surface area contributed by atoms with Crippen LogP contribution in [0.4, 0.5) is 20.2 Å². The summed E-state index contributed by atoms with van der Waals surface area (Å²) in [5.41, 5.74) is 10.5. The van der Waals surface area contributed by atoms with Gasteiger partial charge >= 0.3 is 0 Å². The number of benzene rings is 2. The lowest BCUT2D eigenvalue weighted by atomic mass is 10.0. The van der Waals surface area contributed by atoms with Gasteiger partial charge in [-0.1, -0.05) is 24.3 Å². The fraction of sp³-hybridized carbons (Fsp3) is 0.182. The van der Waals surface area contributed by atoms with Crippen LogP contribution in [0.15, 0.2) is 48.5 Å². The average molecular weight is 490 g/mol. The number of nitrogens with zero attached hydrogens (tertiary/aromatic N) is 2. The topological polar surface area (TPSA) is 141 Å². The van der Waals surface area contributed by atoms with E-state index in [0.717, 1.165) is 23.1 Å². The van der Waals surface area contributed by atoms with Crippen molar-refractivity contribution < 1.29 is 27.9 Å². The van der Waals surface area contributed by atoms with Crippen LogP contribution in [0.1, 0.15) is 31.8 Å². The standard InChI is InChI=1S/C22H21F2N5O4S/c1-33-11-10-27-21(31)18(12-6-8-13(23)9-7-12)29(15-5-3-2-4-14(15)24)22(32)19-16(25)17(20(26)30)28-34-19/h2-9,18H,10-11,25H2,1H3,(H2,26,30)(H,27,31). The van der Waals surface area contributed by atoms with Crippen molar-refractivity contribution in [3.8, 4) is 0 Å². The molecule has 0 aliphatic rings. The number of methoxy groups -OCH3 is 1. The first-order chi connectivity index (χ1) is 16.3. The molecular weight excluding hydrogens is 468 g/mol. The summed E-state index contributed by atoms with van der Waals surface area (Å²) >= 11 is 0.589. The van der Waals surface area contributed by atoms with Gasteiger partial charge in [0.25, 0.3) is 11.8 Å². The molecule has 1 aromatic heterocycles. The summed E-state index contributed by atoms with van der Waals surface area (Å²) in [4.78, 5) is 39.2. The van der Waals surface area contributed by atoms with Gasteiger partial charge < -0.3 is 21.5 Å². The minimum Gasteiger partial charge on any atom is -0.395 e. The fourth-order valence-corrected chi connectivity index (χ4v) is 3.93. The third-order valence-electron chi connectivity index (χ3n) is 4.78. The number of carbonyl (C=O) groups excluding carboxylic acids is 3. The van der Waals surface area contributed by atoms with Crippen molar-refractivity contribution in [2.75, 3.05) is 30.9 Å². The van der Waals surface area contributed by atoms with Crippen LogP contribution in [0, 0.1) is 11.6 Å². The highest BCUT2D eigenvalue weighted by atomic mass is 32.1. The number of hydrogen-bond donors (Lipinski definition) is 3. The van der Waals surface area contributed by atoms with E-state index in [-0.39, 0.29) is 40.7 Å². The monoisotopic (exact) mass is 489 g/mol. The van der Waals surface area contributed by atoms with Crippen LogP contribution in [0.2, 0.25) is 0 Å². The Morgan fingerprint density at radius 2 is 1.82 bits per heavy atom.